The molecule has 1 heterocycles. The zero-order valence-electron chi connectivity index (χ0n) is 26.5. The summed E-state index contributed by atoms with van der Waals surface area (Å²) >= 11 is 0. The molecule has 1 saturated carbocycles. The third-order valence-corrected chi connectivity index (χ3v) is 11.3. The van der Waals surface area contributed by atoms with E-state index in [1.807, 2.05) is 97.1 Å². The first kappa shape index (κ1) is 30.7. The molecule has 8 nitrogen and oxygen atoms in total. The number of carbonyl (C=O) groups excluding carboxylic acids is 4. The topological polar surface area (TPSA) is 129 Å². The van der Waals surface area contributed by atoms with E-state index in [0.717, 1.165) is 21.4 Å². The fraction of sp³-hybridized carbons (Fsp3) is 0.244. The summed E-state index contributed by atoms with van der Waals surface area (Å²) in [6.07, 6.45) is 3.52. The maximum atomic E-state index is 15.2. The number of rotatable bonds is 6. The van der Waals surface area contributed by atoms with E-state index < -0.39 is 52.8 Å². The van der Waals surface area contributed by atoms with E-state index in [-0.39, 0.29) is 43.1 Å². The van der Waals surface area contributed by atoms with Crippen molar-refractivity contribution in [2.45, 2.75) is 30.6 Å². The minimum absolute atomic E-state index is 0.0812. The van der Waals surface area contributed by atoms with Crippen molar-refractivity contribution in [2.24, 2.45) is 23.7 Å². The molecule has 4 aliphatic rings. The Kier molecular flexibility index (Phi) is 7.21. The second-order valence-electron chi connectivity index (χ2n) is 13.5. The van der Waals surface area contributed by atoms with Crippen LogP contribution >= 0.6 is 0 Å². The number of imide groups is 1. The molecule has 8 rings (SSSR count). The van der Waals surface area contributed by atoms with Crippen molar-refractivity contribution in [2.75, 3.05) is 6.54 Å². The Balaban J connectivity index is 1.40. The van der Waals surface area contributed by atoms with Crippen LogP contribution < -0.4 is 0 Å². The average Bonchev–Trinajstić information content (AvgIpc) is 3.37. The van der Waals surface area contributed by atoms with Crippen molar-refractivity contribution in [1.82, 2.24) is 4.90 Å². The second-order valence-corrected chi connectivity index (χ2v) is 13.5. The predicted octanol–water partition coefficient (Wildman–Crippen LogP) is 5.84. The number of fused-ring (bicyclic) bond motifs is 5. The molecule has 6 atom stereocenters. The Hall–Kier alpha value is -5.63. The van der Waals surface area contributed by atoms with E-state index in [9.17, 15) is 24.6 Å². The quantitative estimate of drug-likeness (QED) is 0.198. The van der Waals surface area contributed by atoms with Crippen LogP contribution in [-0.4, -0.2) is 51.0 Å². The van der Waals surface area contributed by atoms with Crippen LogP contribution in [0, 0.1) is 23.7 Å². The summed E-state index contributed by atoms with van der Waals surface area (Å²) in [5.41, 5.74) is 1.80. The Bertz CT molecular complexity index is 2130. The summed E-state index contributed by atoms with van der Waals surface area (Å²) in [5, 5.41) is 21.6. The molecule has 1 saturated heterocycles. The highest BCUT2D eigenvalue weighted by Crippen LogP contribution is 2.64. The molecular formula is C41H33NO7. The maximum absolute atomic E-state index is 15.2. The van der Waals surface area contributed by atoms with E-state index in [1.54, 1.807) is 6.07 Å². The van der Waals surface area contributed by atoms with Gasteiger partial charge in [0.15, 0.2) is 11.6 Å². The van der Waals surface area contributed by atoms with E-state index in [0.29, 0.717) is 22.1 Å². The van der Waals surface area contributed by atoms with Gasteiger partial charge in [-0.1, -0.05) is 103 Å². The number of hydrogen-bond donors (Lipinski definition) is 2. The number of allylic oxidation sites excluding steroid dienone is 4. The van der Waals surface area contributed by atoms with Gasteiger partial charge < -0.3 is 10.2 Å². The number of phenols is 1. The summed E-state index contributed by atoms with van der Waals surface area (Å²) in [7, 11) is 0. The summed E-state index contributed by atoms with van der Waals surface area (Å²) in [6.45, 7) is -0.218. The number of carbonyl (C=O) groups is 5. The highest BCUT2D eigenvalue weighted by molar-refractivity contribution is 6.31. The normalized spacial score (nSPS) is 27.7. The average molecular weight is 652 g/mol. The first-order chi connectivity index (χ1) is 23.7. The van der Waals surface area contributed by atoms with Crippen molar-refractivity contribution in [3.05, 3.63) is 131 Å². The molecule has 244 valence electrons. The monoisotopic (exact) mass is 651 g/mol. The Morgan fingerprint density at radius 2 is 1.47 bits per heavy atom. The predicted molar refractivity (Wildman–Crippen MR) is 181 cm³/mol. The van der Waals surface area contributed by atoms with Gasteiger partial charge in [0.25, 0.3) is 0 Å². The highest BCUT2D eigenvalue weighted by Gasteiger charge is 2.66. The standard InChI is InChI=1S/C41H33NO7/c43-33-18-17-27(25-13-7-8-14-26(25)33)37-28-15-16-29-36(40(49)42(39(29)48)20-19-35(45)46)31(28)21-32-38(47)30(23-9-3-1-4-10-23)22-34(44)41(32,37)24-11-5-2-6-12-24/h1-15,17-18,22,29,31-32,36-37,43H,16,19-21H2,(H,45,46). The van der Waals surface area contributed by atoms with Gasteiger partial charge >= 0.3 is 5.97 Å². The van der Waals surface area contributed by atoms with Crippen molar-refractivity contribution < 1.29 is 34.2 Å². The maximum Gasteiger partial charge on any atom is 0.305 e. The number of carboxylic acids is 1. The molecule has 2 N–H and O–H groups in total. The zero-order valence-corrected chi connectivity index (χ0v) is 26.5. The number of aromatic hydroxyl groups is 1. The minimum atomic E-state index is -1.39. The number of benzene rings is 4. The smallest absolute Gasteiger partial charge is 0.305 e. The number of nitrogens with zero attached hydrogens (tertiary/aromatic N) is 1. The first-order valence-corrected chi connectivity index (χ1v) is 16.6. The number of phenolic OH excluding ortho intramolecular Hbond substituents is 1. The molecule has 4 aromatic rings. The molecule has 2 fully saturated rings. The lowest BCUT2D eigenvalue weighted by molar-refractivity contribution is -0.142. The summed E-state index contributed by atoms with van der Waals surface area (Å²) in [6, 6.07) is 29.3. The van der Waals surface area contributed by atoms with E-state index in [4.69, 9.17) is 0 Å². The highest BCUT2D eigenvalue weighted by atomic mass is 16.4. The third kappa shape index (κ3) is 4.46. The van der Waals surface area contributed by atoms with E-state index in [1.165, 1.54) is 6.08 Å². The van der Waals surface area contributed by atoms with Gasteiger partial charge in [-0.25, -0.2) is 0 Å². The van der Waals surface area contributed by atoms with Gasteiger partial charge in [-0.3, -0.25) is 28.9 Å². The third-order valence-electron chi connectivity index (χ3n) is 11.3. The Morgan fingerprint density at radius 1 is 0.796 bits per heavy atom. The fourth-order valence-corrected chi connectivity index (χ4v) is 9.27. The molecule has 49 heavy (non-hydrogen) atoms. The molecule has 8 heteroatoms. The Labute approximate surface area is 282 Å². The number of likely N-dealkylation sites (tertiary alicyclic amines) is 1. The van der Waals surface area contributed by atoms with Gasteiger partial charge in [0.2, 0.25) is 11.8 Å². The van der Waals surface area contributed by atoms with Gasteiger partial charge in [0.05, 0.1) is 23.7 Å². The van der Waals surface area contributed by atoms with Crippen LogP contribution in [0.2, 0.25) is 0 Å². The lowest BCUT2D eigenvalue weighted by atomic mass is 9.44. The van der Waals surface area contributed by atoms with Gasteiger partial charge in [-0.15, -0.1) is 0 Å². The van der Waals surface area contributed by atoms with Crippen molar-refractivity contribution in [3.8, 4) is 5.75 Å². The molecule has 3 aliphatic carbocycles. The van der Waals surface area contributed by atoms with Crippen LogP contribution in [0.4, 0.5) is 0 Å². The largest absolute Gasteiger partial charge is 0.507 e. The molecule has 0 aromatic heterocycles. The Morgan fingerprint density at radius 3 is 2.18 bits per heavy atom. The van der Waals surface area contributed by atoms with Gasteiger partial charge in [0, 0.05) is 29.3 Å². The number of ketones is 2. The summed E-state index contributed by atoms with van der Waals surface area (Å²) < 4.78 is 0. The van der Waals surface area contributed by atoms with Gasteiger partial charge in [0.1, 0.15) is 5.75 Å². The summed E-state index contributed by atoms with van der Waals surface area (Å²) in [4.78, 5) is 70.5. The molecule has 4 aromatic carbocycles. The van der Waals surface area contributed by atoms with Crippen LogP contribution in [0.15, 0.2) is 115 Å². The molecule has 2 amide bonds. The molecule has 0 bridgehead atoms. The van der Waals surface area contributed by atoms with Gasteiger partial charge in [-0.05, 0) is 53.0 Å². The molecule has 0 radical (unpaired) electrons. The lowest BCUT2D eigenvalue weighted by Crippen LogP contribution is -2.58. The fourth-order valence-electron chi connectivity index (χ4n) is 9.27. The van der Waals surface area contributed by atoms with E-state index in [2.05, 4.69) is 0 Å². The number of hydrogen-bond acceptors (Lipinski definition) is 6. The van der Waals surface area contributed by atoms with Crippen LogP contribution in [0.25, 0.3) is 16.3 Å². The number of amides is 2. The molecule has 0 spiro atoms. The first-order valence-electron chi connectivity index (χ1n) is 16.6. The molecule has 1 aliphatic heterocycles. The van der Waals surface area contributed by atoms with Crippen LogP contribution in [0.5, 0.6) is 5.75 Å². The van der Waals surface area contributed by atoms with E-state index >= 15 is 9.59 Å². The number of aliphatic carboxylic acids is 1. The summed E-state index contributed by atoms with van der Waals surface area (Å²) in [5.74, 6) is -5.92. The van der Waals surface area contributed by atoms with Gasteiger partial charge in [-0.2, -0.15) is 0 Å². The minimum Gasteiger partial charge on any atom is -0.507 e. The van der Waals surface area contributed by atoms with Crippen LogP contribution in [0.1, 0.15) is 41.9 Å². The SMILES string of the molecule is O=C(O)CCN1C(=O)C2CC=C3C(CC4C(=O)C(c5ccccc5)=CC(=O)C4(c4ccccc4)C3c3ccc(O)c4ccccc34)C2C1=O. The zero-order chi connectivity index (χ0) is 34.0. The molecule has 6 unspecified atom stereocenters. The van der Waals surface area contributed by atoms with Crippen LogP contribution in [0.3, 0.4) is 0 Å². The lowest BCUT2D eigenvalue weighted by Gasteiger charge is -2.55. The van der Waals surface area contributed by atoms with Crippen molar-refractivity contribution in [3.63, 3.8) is 0 Å². The number of carboxylic acid groups (broad SMARTS) is 1. The van der Waals surface area contributed by atoms with Crippen LogP contribution in [-0.2, 0) is 29.4 Å². The number of Topliss-reactive ketones (excluding diaryl/α,β-unsaturated/α-hetero) is 1. The molecular weight excluding hydrogens is 618 g/mol. The van der Waals surface area contributed by atoms with Crippen molar-refractivity contribution >= 4 is 45.7 Å². The van der Waals surface area contributed by atoms with Crippen molar-refractivity contribution in [1.29, 1.82) is 0 Å². The second kappa shape index (κ2) is 11.5.